The molecule has 12 nitrogen and oxygen atoms in total. The normalized spacial score (nSPS) is 16.2. The minimum absolute atomic E-state index is 0.0120. The highest BCUT2D eigenvalue weighted by atomic mass is 35.5. The minimum Gasteiger partial charge on any atom is -0.491 e. The van der Waals surface area contributed by atoms with Crippen molar-refractivity contribution < 1.29 is 28.2 Å². The molecule has 252 valence electrons. The van der Waals surface area contributed by atoms with Gasteiger partial charge in [-0.25, -0.2) is 23.5 Å². The second kappa shape index (κ2) is 12.9. The summed E-state index contributed by atoms with van der Waals surface area (Å²) in [5.41, 5.74) is 0.442. The van der Waals surface area contributed by atoms with Crippen LogP contribution in [0.2, 0.25) is 5.02 Å². The zero-order valence-electron chi connectivity index (χ0n) is 26.0. The fourth-order valence-corrected chi connectivity index (χ4v) is 7.60. The summed E-state index contributed by atoms with van der Waals surface area (Å²) in [6, 6.07) is 8.92. The number of ether oxygens (including phenoxy) is 2. The number of halogens is 3. The predicted octanol–water partition coefficient (Wildman–Crippen LogP) is 4.84. The van der Waals surface area contributed by atoms with Crippen LogP contribution in [-0.2, 0) is 11.3 Å². The van der Waals surface area contributed by atoms with E-state index in [4.69, 9.17) is 26.1 Å². The Hall–Kier alpha value is -4.75. The number of nitriles is 1. The fraction of sp³-hybridized carbons (Fsp3) is 0.333. The van der Waals surface area contributed by atoms with Crippen molar-refractivity contribution in [2.24, 2.45) is 0 Å². The number of carbonyl (C=O) groups is 1. The first-order chi connectivity index (χ1) is 23.6. The van der Waals surface area contributed by atoms with Crippen LogP contribution in [-0.4, -0.2) is 93.5 Å². The number of fused-ring (bicyclic) bond motifs is 2. The molecule has 5 aromatic rings. The molecule has 0 saturated carbocycles. The maximum Gasteiger partial charge on any atom is 0.338 e. The molecule has 0 atom stereocenters. The van der Waals surface area contributed by atoms with Crippen LogP contribution in [0.15, 0.2) is 46.8 Å². The first-order valence-electron chi connectivity index (χ1n) is 15.3. The van der Waals surface area contributed by atoms with E-state index in [1.807, 2.05) is 4.90 Å². The number of pyridine rings is 2. The van der Waals surface area contributed by atoms with Crippen molar-refractivity contribution in [3.63, 3.8) is 0 Å². The molecule has 1 aromatic carbocycles. The molecule has 6 heterocycles. The van der Waals surface area contributed by atoms with E-state index in [-0.39, 0.29) is 48.4 Å². The molecular weight excluding hydrogens is 680 g/mol. The molecule has 0 bridgehead atoms. The Morgan fingerprint density at radius 1 is 1.18 bits per heavy atom. The van der Waals surface area contributed by atoms with Crippen LogP contribution >= 0.6 is 22.9 Å². The van der Waals surface area contributed by atoms with E-state index in [0.717, 1.165) is 0 Å². The van der Waals surface area contributed by atoms with Crippen molar-refractivity contribution in [2.45, 2.75) is 25.4 Å². The summed E-state index contributed by atoms with van der Waals surface area (Å²) >= 11 is 7.62. The monoisotopic (exact) mass is 707 g/mol. The summed E-state index contributed by atoms with van der Waals surface area (Å²) in [7, 11) is 0. The van der Waals surface area contributed by atoms with E-state index < -0.39 is 23.5 Å². The summed E-state index contributed by atoms with van der Waals surface area (Å²) in [6.07, 6.45) is 0.350. The van der Waals surface area contributed by atoms with Crippen LogP contribution < -0.4 is 15.2 Å². The molecule has 7 rings (SSSR count). The lowest BCUT2D eigenvalue weighted by molar-refractivity contribution is -0.203. The highest BCUT2D eigenvalue weighted by Crippen LogP contribution is 2.40. The number of carboxylic acids is 1. The lowest BCUT2D eigenvalue weighted by Crippen LogP contribution is -2.69. The van der Waals surface area contributed by atoms with Crippen LogP contribution in [0, 0.1) is 18.3 Å². The van der Waals surface area contributed by atoms with Gasteiger partial charge in [0.25, 0.3) is 12.0 Å². The Bertz CT molecular complexity index is 2210. The first-order valence-corrected chi connectivity index (χ1v) is 16.6. The Kier molecular flexibility index (Phi) is 8.65. The highest BCUT2D eigenvalue weighted by Gasteiger charge is 2.52. The SMILES string of the molecule is Cc1nc2c(N3CCN(C4(C(F)F)COC4)CC3)ncc(C#N)c2c(=O)n1CCOc1ccc(Cl)cc1-c1ccnc2c(C(=O)O)csc12. The van der Waals surface area contributed by atoms with Crippen molar-refractivity contribution in [1.82, 2.24) is 24.4 Å². The molecule has 2 saturated heterocycles. The number of alkyl halides is 2. The van der Waals surface area contributed by atoms with E-state index in [1.54, 1.807) is 41.5 Å². The Balaban J connectivity index is 1.15. The zero-order valence-corrected chi connectivity index (χ0v) is 27.6. The molecule has 49 heavy (non-hydrogen) atoms. The molecule has 0 unspecified atom stereocenters. The third kappa shape index (κ3) is 5.64. The van der Waals surface area contributed by atoms with E-state index in [9.17, 15) is 28.7 Å². The molecule has 2 aliphatic rings. The van der Waals surface area contributed by atoms with Gasteiger partial charge in [-0.3, -0.25) is 19.2 Å². The number of aromatic nitrogens is 4. The van der Waals surface area contributed by atoms with Crippen LogP contribution in [0.4, 0.5) is 14.6 Å². The summed E-state index contributed by atoms with van der Waals surface area (Å²) in [6.45, 7) is 3.30. The Morgan fingerprint density at radius 2 is 1.96 bits per heavy atom. The van der Waals surface area contributed by atoms with E-state index in [2.05, 4.69) is 16.0 Å². The van der Waals surface area contributed by atoms with Gasteiger partial charge in [0.1, 0.15) is 35.3 Å². The van der Waals surface area contributed by atoms with Crippen LogP contribution in [0.1, 0.15) is 21.7 Å². The molecule has 0 radical (unpaired) electrons. The topological polar surface area (TPSA) is 147 Å². The van der Waals surface area contributed by atoms with Crippen molar-refractivity contribution in [2.75, 3.05) is 50.9 Å². The van der Waals surface area contributed by atoms with Gasteiger partial charge in [0.2, 0.25) is 0 Å². The van der Waals surface area contributed by atoms with Crippen LogP contribution in [0.25, 0.3) is 32.2 Å². The number of carboxylic acid groups (broad SMARTS) is 1. The van der Waals surface area contributed by atoms with E-state index in [0.29, 0.717) is 69.9 Å². The van der Waals surface area contributed by atoms with Gasteiger partial charge < -0.3 is 19.5 Å². The van der Waals surface area contributed by atoms with E-state index in [1.165, 1.54) is 28.3 Å². The maximum atomic E-state index is 13.9. The smallest absolute Gasteiger partial charge is 0.338 e. The molecule has 4 aromatic heterocycles. The number of aromatic carboxylic acids is 1. The zero-order chi connectivity index (χ0) is 34.4. The van der Waals surface area contributed by atoms with Gasteiger partial charge in [0.05, 0.1) is 46.5 Å². The van der Waals surface area contributed by atoms with Gasteiger partial charge in [-0.05, 0) is 31.2 Å². The Labute approximate surface area is 286 Å². The average molecular weight is 708 g/mol. The number of benzene rings is 1. The number of aryl methyl sites for hydroxylation is 1. The van der Waals surface area contributed by atoms with E-state index >= 15 is 0 Å². The summed E-state index contributed by atoms with van der Waals surface area (Å²) in [5.74, 6) is 0.193. The minimum atomic E-state index is -2.53. The lowest BCUT2D eigenvalue weighted by Gasteiger charge is -2.51. The Morgan fingerprint density at radius 3 is 2.63 bits per heavy atom. The molecule has 1 N–H and O–H groups in total. The fourth-order valence-electron chi connectivity index (χ4n) is 6.40. The van der Waals surface area contributed by atoms with Gasteiger partial charge in [0, 0.05) is 60.1 Å². The second-order valence-electron chi connectivity index (χ2n) is 11.8. The third-order valence-electron chi connectivity index (χ3n) is 9.09. The van der Waals surface area contributed by atoms with Gasteiger partial charge >= 0.3 is 5.97 Å². The quantitative estimate of drug-likeness (QED) is 0.225. The summed E-state index contributed by atoms with van der Waals surface area (Å²) in [4.78, 5) is 42.8. The first kappa shape index (κ1) is 32.8. The van der Waals surface area contributed by atoms with Gasteiger partial charge in [-0.15, -0.1) is 11.3 Å². The standard InChI is InChI=1S/C33H28ClF2N7O5S/c1-18-40-27-25(19(13-37)14-39-29(27)41-6-8-42(9-7-41)33(32(35)36)16-47-17-33)30(44)43(18)10-11-48-24-3-2-20(34)12-22(24)21-4-5-38-26-23(31(45)46)15-49-28(21)26/h2-5,12,14-15,32H,6-11,16-17H2,1H3,(H,45,46). The molecule has 2 aliphatic heterocycles. The van der Waals surface area contributed by atoms with Crippen molar-refractivity contribution >= 4 is 55.8 Å². The van der Waals surface area contributed by atoms with Gasteiger partial charge in [-0.1, -0.05) is 11.6 Å². The predicted molar refractivity (Wildman–Crippen MR) is 179 cm³/mol. The number of hydrogen-bond acceptors (Lipinski definition) is 11. The number of rotatable bonds is 9. The third-order valence-corrected chi connectivity index (χ3v) is 10.3. The lowest BCUT2D eigenvalue weighted by atomic mass is 9.94. The highest BCUT2D eigenvalue weighted by molar-refractivity contribution is 7.18. The molecule has 0 spiro atoms. The van der Waals surface area contributed by atoms with Gasteiger partial charge in [-0.2, -0.15) is 5.26 Å². The summed E-state index contributed by atoms with van der Waals surface area (Å²) in [5, 5.41) is 21.6. The number of anilines is 1. The van der Waals surface area contributed by atoms with Gasteiger partial charge in [0.15, 0.2) is 5.82 Å². The van der Waals surface area contributed by atoms with Crippen molar-refractivity contribution in [3.8, 4) is 22.9 Å². The number of hydrogen-bond donors (Lipinski definition) is 1. The number of thiophene rings is 1. The molecule has 0 aliphatic carbocycles. The van der Waals surface area contributed by atoms with Crippen LogP contribution in [0.5, 0.6) is 5.75 Å². The van der Waals surface area contributed by atoms with Crippen molar-refractivity contribution in [3.05, 3.63) is 74.4 Å². The summed E-state index contributed by atoms with van der Waals surface area (Å²) < 4.78 is 41.2. The molecule has 2 fully saturated rings. The number of piperazine rings is 1. The molecule has 16 heteroatoms. The molecule has 0 amide bonds. The van der Waals surface area contributed by atoms with Crippen LogP contribution in [0.3, 0.4) is 0 Å². The van der Waals surface area contributed by atoms with Crippen molar-refractivity contribution in [1.29, 1.82) is 5.26 Å². The largest absolute Gasteiger partial charge is 0.491 e. The average Bonchev–Trinajstić information content (AvgIpc) is 3.51. The number of nitrogens with zero attached hydrogens (tertiary/aromatic N) is 7. The second-order valence-corrected chi connectivity index (χ2v) is 13.1. The molecular formula is C33H28ClF2N7O5S. The maximum absolute atomic E-state index is 13.9.